The molecule has 1 fully saturated rings. The second-order valence-electron chi connectivity index (χ2n) is 4.83. The highest BCUT2D eigenvalue weighted by molar-refractivity contribution is 9.10. The monoisotopic (exact) mass is 329 g/mol. The zero-order valence-corrected chi connectivity index (χ0v) is 13.4. The molecule has 1 aromatic heterocycles. The average molecular weight is 330 g/mol. The number of rotatable bonds is 2. The topological polar surface area (TPSA) is 27.6 Å². The second-order valence-corrected chi connectivity index (χ2v) is 6.74. The van der Waals surface area contributed by atoms with Gasteiger partial charge >= 0.3 is 0 Å². The summed E-state index contributed by atoms with van der Waals surface area (Å²) >= 11 is 5.25. The van der Waals surface area contributed by atoms with Crippen molar-refractivity contribution in [3.05, 3.63) is 20.8 Å². The standard InChI is InChI=1S/C13H20BrN3S/c1-10-4-3-5-17(8-10)13(15-2)16-7-12-6-11(14)9-18-12/h6,9-10H,3-5,7-8H2,1-2H3,(H,15,16). The second kappa shape index (κ2) is 6.57. The Balaban J connectivity index is 1.89. The third kappa shape index (κ3) is 3.72. The fourth-order valence-corrected chi connectivity index (χ4v) is 3.72. The molecule has 1 atom stereocenters. The average Bonchev–Trinajstić information content (AvgIpc) is 2.76. The highest BCUT2D eigenvalue weighted by Gasteiger charge is 2.18. The third-order valence-electron chi connectivity index (χ3n) is 3.21. The van der Waals surface area contributed by atoms with Crippen LogP contribution in [0.15, 0.2) is 20.9 Å². The van der Waals surface area contributed by atoms with E-state index < -0.39 is 0 Å². The molecule has 2 heterocycles. The van der Waals surface area contributed by atoms with Crippen molar-refractivity contribution in [2.24, 2.45) is 10.9 Å². The van der Waals surface area contributed by atoms with Gasteiger partial charge in [0.15, 0.2) is 5.96 Å². The van der Waals surface area contributed by atoms with Gasteiger partial charge in [-0.05, 0) is 40.8 Å². The lowest BCUT2D eigenvalue weighted by atomic mass is 10.0. The van der Waals surface area contributed by atoms with E-state index in [4.69, 9.17) is 0 Å². The normalized spacial score (nSPS) is 21.2. The summed E-state index contributed by atoms with van der Waals surface area (Å²) in [6.07, 6.45) is 2.61. The summed E-state index contributed by atoms with van der Waals surface area (Å²) in [5.41, 5.74) is 0. The SMILES string of the molecule is CN=C(NCc1cc(Br)cs1)N1CCCC(C)C1. The summed E-state index contributed by atoms with van der Waals surface area (Å²) in [4.78, 5) is 8.09. The molecule has 1 aliphatic heterocycles. The van der Waals surface area contributed by atoms with E-state index in [1.165, 1.54) is 17.7 Å². The molecule has 0 aromatic carbocycles. The van der Waals surface area contributed by atoms with Crippen molar-refractivity contribution in [3.63, 3.8) is 0 Å². The van der Waals surface area contributed by atoms with Crippen LogP contribution in [0.2, 0.25) is 0 Å². The van der Waals surface area contributed by atoms with Gasteiger partial charge in [0.2, 0.25) is 0 Å². The van der Waals surface area contributed by atoms with Crippen LogP contribution in [0.1, 0.15) is 24.6 Å². The van der Waals surface area contributed by atoms with Gasteiger partial charge in [0.05, 0.1) is 6.54 Å². The van der Waals surface area contributed by atoms with E-state index in [1.807, 2.05) is 7.05 Å². The molecule has 1 unspecified atom stereocenters. The Labute approximate surface area is 121 Å². The van der Waals surface area contributed by atoms with Crippen LogP contribution in [0.4, 0.5) is 0 Å². The van der Waals surface area contributed by atoms with Crippen LogP contribution in [0, 0.1) is 5.92 Å². The van der Waals surface area contributed by atoms with Crippen LogP contribution in [0.3, 0.4) is 0 Å². The lowest BCUT2D eigenvalue weighted by Gasteiger charge is -2.33. The first-order chi connectivity index (χ1) is 8.69. The molecule has 1 aliphatic rings. The maximum Gasteiger partial charge on any atom is 0.193 e. The molecule has 1 aromatic rings. The van der Waals surface area contributed by atoms with Crippen molar-refractivity contribution < 1.29 is 0 Å². The summed E-state index contributed by atoms with van der Waals surface area (Å²) in [6, 6.07) is 2.16. The lowest BCUT2D eigenvalue weighted by molar-refractivity contribution is 0.266. The number of halogens is 1. The zero-order valence-electron chi connectivity index (χ0n) is 10.9. The minimum Gasteiger partial charge on any atom is -0.351 e. The van der Waals surface area contributed by atoms with Crippen LogP contribution in [-0.4, -0.2) is 31.0 Å². The maximum atomic E-state index is 4.39. The number of hydrogen-bond donors (Lipinski definition) is 1. The van der Waals surface area contributed by atoms with Crippen molar-refractivity contribution in [1.82, 2.24) is 10.2 Å². The van der Waals surface area contributed by atoms with Crippen molar-refractivity contribution in [1.29, 1.82) is 0 Å². The molecule has 0 bridgehead atoms. The first-order valence-electron chi connectivity index (χ1n) is 6.37. The minimum absolute atomic E-state index is 0.771. The fraction of sp³-hybridized carbons (Fsp3) is 0.615. The summed E-state index contributed by atoms with van der Waals surface area (Å²) in [5, 5.41) is 5.57. The molecule has 18 heavy (non-hydrogen) atoms. The van der Waals surface area contributed by atoms with E-state index in [0.29, 0.717) is 0 Å². The van der Waals surface area contributed by atoms with Crippen LogP contribution in [-0.2, 0) is 6.54 Å². The lowest BCUT2D eigenvalue weighted by Crippen LogP contribution is -2.45. The Morgan fingerprint density at radius 1 is 1.67 bits per heavy atom. The van der Waals surface area contributed by atoms with E-state index >= 15 is 0 Å². The molecular formula is C13H20BrN3S. The molecule has 1 N–H and O–H groups in total. The highest BCUT2D eigenvalue weighted by atomic mass is 79.9. The van der Waals surface area contributed by atoms with Gasteiger partial charge in [-0.1, -0.05) is 6.92 Å². The first-order valence-corrected chi connectivity index (χ1v) is 8.05. The van der Waals surface area contributed by atoms with E-state index in [0.717, 1.165) is 36.0 Å². The van der Waals surface area contributed by atoms with Crippen LogP contribution >= 0.6 is 27.3 Å². The van der Waals surface area contributed by atoms with Gasteiger partial charge in [-0.15, -0.1) is 11.3 Å². The molecule has 0 amide bonds. The molecule has 5 heteroatoms. The molecule has 3 nitrogen and oxygen atoms in total. The Morgan fingerprint density at radius 2 is 2.50 bits per heavy atom. The molecular weight excluding hydrogens is 310 g/mol. The van der Waals surface area contributed by atoms with E-state index in [-0.39, 0.29) is 0 Å². The van der Waals surface area contributed by atoms with Crippen LogP contribution < -0.4 is 5.32 Å². The molecule has 1 saturated heterocycles. The summed E-state index contributed by atoms with van der Waals surface area (Å²) in [5.74, 6) is 1.80. The van der Waals surface area contributed by atoms with Crippen LogP contribution in [0.25, 0.3) is 0 Å². The first kappa shape index (κ1) is 13.9. The number of piperidine rings is 1. The summed E-state index contributed by atoms with van der Waals surface area (Å²) < 4.78 is 1.16. The van der Waals surface area contributed by atoms with Gasteiger partial charge < -0.3 is 10.2 Å². The molecule has 0 saturated carbocycles. The van der Waals surface area contributed by atoms with Crippen molar-refractivity contribution in [2.45, 2.75) is 26.3 Å². The Bertz CT molecular complexity index is 416. The van der Waals surface area contributed by atoms with Gasteiger partial charge in [-0.25, -0.2) is 0 Å². The Hall–Kier alpha value is -0.550. The number of nitrogens with zero attached hydrogens (tertiary/aromatic N) is 2. The number of thiophene rings is 1. The molecule has 0 spiro atoms. The van der Waals surface area contributed by atoms with E-state index in [9.17, 15) is 0 Å². The molecule has 0 aliphatic carbocycles. The minimum atomic E-state index is 0.771. The number of nitrogens with one attached hydrogen (secondary N) is 1. The predicted molar refractivity (Wildman–Crippen MR) is 82.2 cm³/mol. The van der Waals surface area contributed by atoms with Gasteiger partial charge in [-0.2, -0.15) is 0 Å². The van der Waals surface area contributed by atoms with Crippen molar-refractivity contribution in [3.8, 4) is 0 Å². The number of likely N-dealkylation sites (tertiary alicyclic amines) is 1. The maximum absolute atomic E-state index is 4.39. The van der Waals surface area contributed by atoms with E-state index in [2.05, 4.69) is 49.5 Å². The zero-order chi connectivity index (χ0) is 13.0. The number of guanidine groups is 1. The van der Waals surface area contributed by atoms with Gasteiger partial charge in [0.25, 0.3) is 0 Å². The van der Waals surface area contributed by atoms with Gasteiger partial charge in [0, 0.05) is 34.9 Å². The Morgan fingerprint density at radius 3 is 3.11 bits per heavy atom. The largest absolute Gasteiger partial charge is 0.351 e. The quantitative estimate of drug-likeness (QED) is 0.665. The molecule has 100 valence electrons. The highest BCUT2D eigenvalue weighted by Crippen LogP contribution is 2.20. The summed E-state index contributed by atoms with van der Waals surface area (Å²) in [6.45, 7) is 5.41. The van der Waals surface area contributed by atoms with Gasteiger partial charge in [0.1, 0.15) is 0 Å². The van der Waals surface area contributed by atoms with Crippen molar-refractivity contribution >= 4 is 33.2 Å². The smallest absolute Gasteiger partial charge is 0.193 e. The third-order valence-corrected chi connectivity index (χ3v) is 4.91. The number of hydrogen-bond acceptors (Lipinski definition) is 2. The summed E-state index contributed by atoms with van der Waals surface area (Å²) in [7, 11) is 1.87. The molecule has 0 radical (unpaired) electrons. The Kier molecular flexibility index (Phi) is 5.06. The predicted octanol–water partition coefficient (Wildman–Crippen LogP) is 3.32. The van der Waals surface area contributed by atoms with Crippen molar-refractivity contribution in [2.75, 3.05) is 20.1 Å². The molecule has 2 rings (SSSR count). The van der Waals surface area contributed by atoms with Gasteiger partial charge in [-0.3, -0.25) is 4.99 Å². The number of aliphatic imine (C=N–C) groups is 1. The fourth-order valence-electron chi connectivity index (χ4n) is 2.33. The van der Waals surface area contributed by atoms with Crippen LogP contribution in [0.5, 0.6) is 0 Å². The van der Waals surface area contributed by atoms with E-state index in [1.54, 1.807) is 11.3 Å².